The van der Waals surface area contributed by atoms with Gasteiger partial charge in [-0.2, -0.15) is 8.78 Å². The Morgan fingerprint density at radius 1 is 1.19 bits per heavy atom. The monoisotopic (exact) mass is 306 g/mol. The van der Waals surface area contributed by atoms with E-state index in [1.165, 1.54) is 23.5 Å². The first-order valence-corrected chi connectivity index (χ1v) is 5.80. The fourth-order valence-electron chi connectivity index (χ4n) is 1.10. The first kappa shape index (κ1) is 11.4. The van der Waals surface area contributed by atoms with Crippen molar-refractivity contribution in [1.29, 1.82) is 0 Å². The Morgan fingerprint density at radius 3 is 2.38 bits per heavy atom. The Kier molecular flexibility index (Phi) is 3.45. The highest BCUT2D eigenvalue weighted by molar-refractivity contribution is 9.11. The summed E-state index contributed by atoms with van der Waals surface area (Å²) in [5.41, 5.74) is 0.810. The second kappa shape index (κ2) is 4.84. The lowest BCUT2D eigenvalue weighted by molar-refractivity contribution is -0.0498. The number of hydrogen-bond acceptors (Lipinski definition) is 4. The molecule has 1 aromatic heterocycles. The van der Waals surface area contributed by atoms with Gasteiger partial charge in [-0.1, -0.05) is 11.3 Å². The van der Waals surface area contributed by atoms with Gasteiger partial charge < -0.3 is 4.74 Å². The van der Waals surface area contributed by atoms with E-state index in [4.69, 9.17) is 0 Å². The third-order valence-electron chi connectivity index (χ3n) is 1.73. The molecule has 16 heavy (non-hydrogen) atoms. The van der Waals surface area contributed by atoms with Gasteiger partial charge in [-0.15, -0.1) is 10.2 Å². The number of ether oxygens (including phenoxy) is 1. The minimum Gasteiger partial charge on any atom is -0.435 e. The van der Waals surface area contributed by atoms with Gasteiger partial charge in [-0.25, -0.2) is 0 Å². The van der Waals surface area contributed by atoms with Crippen molar-refractivity contribution in [3.63, 3.8) is 0 Å². The van der Waals surface area contributed by atoms with E-state index < -0.39 is 6.61 Å². The van der Waals surface area contributed by atoms with Gasteiger partial charge in [0.2, 0.25) is 0 Å². The van der Waals surface area contributed by atoms with Crippen molar-refractivity contribution in [2.75, 3.05) is 0 Å². The molecule has 1 heterocycles. The minimum absolute atomic E-state index is 0.127. The zero-order valence-electron chi connectivity index (χ0n) is 7.73. The highest BCUT2D eigenvalue weighted by atomic mass is 79.9. The number of aromatic nitrogens is 2. The Bertz CT molecular complexity index is 475. The summed E-state index contributed by atoms with van der Waals surface area (Å²) >= 11 is 4.56. The number of hydrogen-bond donors (Lipinski definition) is 0. The molecule has 3 nitrogen and oxygen atoms in total. The molecule has 0 saturated heterocycles. The van der Waals surface area contributed by atoms with Crippen LogP contribution in [0.4, 0.5) is 8.78 Å². The van der Waals surface area contributed by atoms with Crippen molar-refractivity contribution < 1.29 is 13.5 Å². The van der Waals surface area contributed by atoms with Gasteiger partial charge >= 0.3 is 6.61 Å². The van der Waals surface area contributed by atoms with Crippen molar-refractivity contribution >= 4 is 27.3 Å². The van der Waals surface area contributed by atoms with E-state index in [1.807, 2.05) is 0 Å². The summed E-state index contributed by atoms with van der Waals surface area (Å²) in [5.74, 6) is 0.127. The van der Waals surface area contributed by atoms with Crippen LogP contribution in [-0.4, -0.2) is 16.8 Å². The van der Waals surface area contributed by atoms with E-state index in [0.717, 1.165) is 10.6 Å². The maximum absolute atomic E-state index is 11.9. The van der Waals surface area contributed by atoms with Crippen LogP contribution in [0.15, 0.2) is 28.2 Å². The number of benzene rings is 1. The fraction of sp³-hybridized carbons (Fsp3) is 0.111. The Labute approximate surface area is 102 Å². The maximum atomic E-state index is 11.9. The summed E-state index contributed by atoms with van der Waals surface area (Å²) in [7, 11) is 0. The van der Waals surface area contributed by atoms with Crippen LogP contribution in [0.3, 0.4) is 0 Å². The molecule has 2 aromatic rings. The molecule has 2 rings (SSSR count). The van der Waals surface area contributed by atoms with E-state index in [-0.39, 0.29) is 5.75 Å². The average molecular weight is 307 g/mol. The van der Waals surface area contributed by atoms with Gasteiger partial charge in [0.1, 0.15) is 10.8 Å². The van der Waals surface area contributed by atoms with E-state index >= 15 is 0 Å². The Hall–Kier alpha value is -1.08. The summed E-state index contributed by atoms with van der Waals surface area (Å²) in [5, 5.41) is 8.43. The molecule has 1 aromatic carbocycles. The number of rotatable bonds is 3. The zero-order valence-corrected chi connectivity index (χ0v) is 10.1. The number of nitrogens with zero attached hydrogens (tertiary/aromatic N) is 2. The molecule has 0 unspecified atom stereocenters. The molecule has 0 radical (unpaired) electrons. The maximum Gasteiger partial charge on any atom is 0.387 e. The molecule has 7 heteroatoms. The second-order valence-electron chi connectivity index (χ2n) is 2.76. The van der Waals surface area contributed by atoms with E-state index in [0.29, 0.717) is 3.92 Å². The summed E-state index contributed by atoms with van der Waals surface area (Å²) < 4.78 is 28.7. The van der Waals surface area contributed by atoms with Crippen LogP contribution in [0, 0.1) is 0 Å². The molecule has 0 aliphatic rings. The lowest BCUT2D eigenvalue weighted by Gasteiger charge is -2.03. The SMILES string of the molecule is FC(F)Oc1ccc(-c2nnc(Br)s2)cc1. The topological polar surface area (TPSA) is 35.0 Å². The molecule has 0 atom stereocenters. The quantitative estimate of drug-likeness (QED) is 0.869. The fourth-order valence-corrected chi connectivity index (χ4v) is 2.22. The molecule has 0 saturated carbocycles. The van der Waals surface area contributed by atoms with Gasteiger partial charge in [0.15, 0.2) is 3.92 Å². The molecule has 0 aliphatic heterocycles. The predicted octanol–water partition coefficient (Wildman–Crippen LogP) is 3.57. The van der Waals surface area contributed by atoms with Crippen molar-refractivity contribution in [3.05, 3.63) is 28.2 Å². The van der Waals surface area contributed by atoms with E-state index in [1.54, 1.807) is 12.1 Å². The van der Waals surface area contributed by atoms with E-state index in [9.17, 15) is 8.78 Å². The summed E-state index contributed by atoms with van der Waals surface area (Å²) in [6.07, 6.45) is 0. The van der Waals surface area contributed by atoms with Crippen molar-refractivity contribution in [2.45, 2.75) is 6.61 Å². The van der Waals surface area contributed by atoms with Gasteiger partial charge in [0.25, 0.3) is 0 Å². The predicted molar refractivity (Wildman–Crippen MR) is 59.7 cm³/mol. The molecule has 84 valence electrons. The summed E-state index contributed by atoms with van der Waals surface area (Å²) in [6, 6.07) is 6.25. The lowest BCUT2D eigenvalue weighted by atomic mass is 10.2. The standard InChI is InChI=1S/C9H5BrF2N2OS/c10-8-14-13-7(16-8)5-1-3-6(4-2-5)15-9(11)12/h1-4,9H. The second-order valence-corrected chi connectivity index (χ2v) is 5.02. The van der Waals surface area contributed by atoms with Gasteiger partial charge in [-0.05, 0) is 40.2 Å². The van der Waals surface area contributed by atoms with Gasteiger partial charge in [0, 0.05) is 5.56 Å². The van der Waals surface area contributed by atoms with Crippen molar-refractivity contribution in [3.8, 4) is 16.3 Å². The van der Waals surface area contributed by atoms with Crippen LogP contribution in [0.1, 0.15) is 0 Å². The molecular weight excluding hydrogens is 302 g/mol. The van der Waals surface area contributed by atoms with Crippen molar-refractivity contribution in [1.82, 2.24) is 10.2 Å². The molecule has 0 aliphatic carbocycles. The van der Waals surface area contributed by atoms with Gasteiger partial charge in [-0.3, -0.25) is 0 Å². The van der Waals surface area contributed by atoms with Crippen LogP contribution in [0.2, 0.25) is 0 Å². The highest BCUT2D eigenvalue weighted by Crippen LogP contribution is 2.27. The Balaban J connectivity index is 2.19. The normalized spacial score (nSPS) is 10.8. The first-order valence-electron chi connectivity index (χ1n) is 4.19. The molecule has 0 N–H and O–H groups in total. The lowest BCUT2D eigenvalue weighted by Crippen LogP contribution is -2.01. The average Bonchev–Trinajstić information content (AvgIpc) is 2.65. The largest absolute Gasteiger partial charge is 0.435 e. The van der Waals surface area contributed by atoms with Crippen LogP contribution >= 0.6 is 27.3 Å². The molecule has 0 fully saturated rings. The van der Waals surface area contributed by atoms with E-state index in [2.05, 4.69) is 30.9 Å². The van der Waals surface area contributed by atoms with Gasteiger partial charge in [0.05, 0.1) is 0 Å². The first-order chi connectivity index (χ1) is 7.65. The van der Waals surface area contributed by atoms with Crippen LogP contribution < -0.4 is 4.74 Å². The summed E-state index contributed by atoms with van der Waals surface area (Å²) in [4.78, 5) is 0. The van der Waals surface area contributed by atoms with Crippen LogP contribution in [0.25, 0.3) is 10.6 Å². The summed E-state index contributed by atoms with van der Waals surface area (Å²) in [6.45, 7) is -2.80. The third kappa shape index (κ3) is 2.73. The molecule has 0 amide bonds. The van der Waals surface area contributed by atoms with Crippen molar-refractivity contribution in [2.24, 2.45) is 0 Å². The smallest absolute Gasteiger partial charge is 0.387 e. The third-order valence-corrected chi connectivity index (χ3v) is 3.13. The minimum atomic E-state index is -2.80. The molecular formula is C9H5BrF2N2OS. The molecule has 0 bridgehead atoms. The number of alkyl halides is 2. The Morgan fingerprint density at radius 2 is 1.88 bits per heavy atom. The van der Waals surface area contributed by atoms with Crippen LogP contribution in [-0.2, 0) is 0 Å². The van der Waals surface area contributed by atoms with Crippen LogP contribution in [0.5, 0.6) is 5.75 Å². The molecule has 0 spiro atoms. The zero-order chi connectivity index (χ0) is 11.5. The number of halogens is 3. The highest BCUT2D eigenvalue weighted by Gasteiger charge is 2.07.